The normalized spacial score (nSPS) is 19.3. The second kappa shape index (κ2) is 10.4. The average Bonchev–Trinajstić information content (AvgIpc) is 2.93. The molecule has 39 heavy (non-hydrogen) atoms. The number of carbonyl (C=O) groups is 1. The molecule has 202 valence electrons. The number of nitrogens with two attached hydrogens (primary N) is 1. The standard InChI is InChI=1S/C27H30N8O3S/c1-3-39(37,38)33-21-6-4-5-19(17-21)25(36)27(31-24-18-29-12-11-23(24)26(28)32-27)30-20-7-9-22(10-8-20)35-15-13-34(2)14-16-35/h3-12,17-18,30-31,33H,1,13-16H2,2H3,(H2,28,32). The summed E-state index contributed by atoms with van der Waals surface area (Å²) in [5, 5.41) is 7.23. The van der Waals surface area contributed by atoms with E-state index in [0.717, 1.165) is 37.3 Å². The molecule has 1 saturated heterocycles. The number of hydrogen-bond donors (Lipinski definition) is 4. The smallest absolute Gasteiger partial charge is 0.273 e. The number of amidine groups is 1. The maximum atomic E-state index is 14.1. The van der Waals surface area contributed by atoms with Crippen LogP contribution in [0.3, 0.4) is 0 Å². The van der Waals surface area contributed by atoms with Crippen LogP contribution < -0.4 is 26.0 Å². The predicted octanol–water partition coefficient (Wildman–Crippen LogP) is 2.50. The highest BCUT2D eigenvalue weighted by Gasteiger charge is 2.43. The first-order chi connectivity index (χ1) is 18.7. The van der Waals surface area contributed by atoms with Crippen molar-refractivity contribution >= 4 is 44.4 Å². The van der Waals surface area contributed by atoms with Crippen molar-refractivity contribution in [1.29, 1.82) is 0 Å². The quantitative estimate of drug-likeness (QED) is 0.313. The Bertz CT molecular complexity index is 1530. The van der Waals surface area contributed by atoms with Crippen LogP contribution in [-0.4, -0.2) is 68.9 Å². The monoisotopic (exact) mass is 546 g/mol. The van der Waals surface area contributed by atoms with Gasteiger partial charge < -0.3 is 26.2 Å². The Hall–Kier alpha value is -4.42. The van der Waals surface area contributed by atoms with Crippen LogP contribution in [0.15, 0.2) is 84.0 Å². The van der Waals surface area contributed by atoms with Gasteiger partial charge in [0, 0.05) is 66.0 Å². The number of sulfonamides is 1. The van der Waals surface area contributed by atoms with Crippen LogP contribution >= 0.6 is 0 Å². The molecule has 0 radical (unpaired) electrons. The van der Waals surface area contributed by atoms with Gasteiger partial charge in [0.05, 0.1) is 11.9 Å². The van der Waals surface area contributed by atoms with Gasteiger partial charge >= 0.3 is 0 Å². The fourth-order valence-corrected chi connectivity index (χ4v) is 5.11. The highest BCUT2D eigenvalue weighted by molar-refractivity contribution is 7.95. The number of piperazine rings is 1. The van der Waals surface area contributed by atoms with Crippen molar-refractivity contribution in [3.63, 3.8) is 0 Å². The summed E-state index contributed by atoms with van der Waals surface area (Å²) in [6, 6.07) is 15.6. The molecule has 0 aliphatic carbocycles. The third kappa shape index (κ3) is 5.56. The molecule has 0 spiro atoms. The molecular weight excluding hydrogens is 516 g/mol. The lowest BCUT2D eigenvalue weighted by Crippen LogP contribution is -2.55. The van der Waals surface area contributed by atoms with Crippen LogP contribution in [0, 0.1) is 0 Å². The average molecular weight is 547 g/mol. The third-order valence-electron chi connectivity index (χ3n) is 6.69. The Morgan fingerprint density at radius 2 is 1.85 bits per heavy atom. The summed E-state index contributed by atoms with van der Waals surface area (Å²) in [6.45, 7) is 7.16. The zero-order chi connectivity index (χ0) is 27.6. The Morgan fingerprint density at radius 3 is 2.56 bits per heavy atom. The van der Waals surface area contributed by atoms with E-state index in [1.165, 1.54) is 6.07 Å². The molecule has 11 nitrogen and oxygen atoms in total. The summed E-state index contributed by atoms with van der Waals surface area (Å²) in [5.74, 6) is -2.03. The number of pyridine rings is 1. The van der Waals surface area contributed by atoms with Gasteiger partial charge in [-0.05, 0) is 49.5 Å². The molecule has 0 bridgehead atoms. The molecule has 5 N–H and O–H groups in total. The Kier molecular flexibility index (Phi) is 6.98. The van der Waals surface area contributed by atoms with Gasteiger partial charge in [0.1, 0.15) is 5.84 Å². The van der Waals surface area contributed by atoms with Crippen molar-refractivity contribution in [3.8, 4) is 0 Å². The second-order valence-corrected chi connectivity index (χ2v) is 11.1. The van der Waals surface area contributed by atoms with Gasteiger partial charge in [-0.1, -0.05) is 18.7 Å². The van der Waals surface area contributed by atoms with E-state index in [0.29, 0.717) is 16.9 Å². The number of aliphatic imine (C=N–C) groups is 1. The van der Waals surface area contributed by atoms with Crippen molar-refractivity contribution in [2.45, 2.75) is 5.79 Å². The van der Waals surface area contributed by atoms with Gasteiger partial charge in [0.2, 0.25) is 5.78 Å². The van der Waals surface area contributed by atoms with Crippen LogP contribution in [0.5, 0.6) is 0 Å². The topological polar surface area (TPSA) is 145 Å². The number of ketones is 1. The minimum atomic E-state index is -3.76. The number of rotatable bonds is 8. The lowest BCUT2D eigenvalue weighted by molar-refractivity contribution is 0.0926. The van der Waals surface area contributed by atoms with E-state index < -0.39 is 21.6 Å². The predicted molar refractivity (Wildman–Crippen MR) is 155 cm³/mol. The van der Waals surface area contributed by atoms with Crippen LogP contribution in [0.2, 0.25) is 0 Å². The van der Waals surface area contributed by atoms with Crippen molar-refractivity contribution in [2.75, 3.05) is 53.5 Å². The molecule has 1 fully saturated rings. The minimum absolute atomic E-state index is 0.157. The number of carbonyl (C=O) groups excluding carboxylic acids is 1. The number of benzene rings is 2. The van der Waals surface area contributed by atoms with Gasteiger partial charge in [-0.15, -0.1) is 0 Å². The van der Waals surface area contributed by atoms with Crippen LogP contribution in [0.1, 0.15) is 15.9 Å². The van der Waals surface area contributed by atoms with Crippen molar-refractivity contribution in [3.05, 3.63) is 90.1 Å². The highest BCUT2D eigenvalue weighted by Crippen LogP contribution is 2.31. The van der Waals surface area contributed by atoms with E-state index in [9.17, 15) is 13.2 Å². The number of fused-ring (bicyclic) bond motifs is 1. The fourth-order valence-electron chi connectivity index (χ4n) is 4.57. The molecule has 3 heterocycles. The molecule has 12 heteroatoms. The van der Waals surface area contributed by atoms with E-state index >= 15 is 0 Å². The Labute approximate surface area is 227 Å². The van der Waals surface area contributed by atoms with E-state index in [4.69, 9.17) is 5.73 Å². The van der Waals surface area contributed by atoms with Gasteiger partial charge in [-0.25, -0.2) is 13.4 Å². The van der Waals surface area contributed by atoms with Gasteiger partial charge in [-0.3, -0.25) is 14.5 Å². The summed E-state index contributed by atoms with van der Waals surface area (Å²) >= 11 is 0. The van der Waals surface area contributed by atoms with Crippen LogP contribution in [-0.2, 0) is 10.0 Å². The fraction of sp³-hybridized carbons (Fsp3) is 0.222. The van der Waals surface area contributed by atoms with E-state index in [-0.39, 0.29) is 17.1 Å². The number of nitrogens with zero attached hydrogens (tertiary/aromatic N) is 4. The third-order valence-corrected chi connectivity index (χ3v) is 7.65. The molecule has 1 aromatic heterocycles. The minimum Gasteiger partial charge on any atom is -0.383 e. The van der Waals surface area contributed by atoms with E-state index in [1.807, 2.05) is 24.3 Å². The molecular formula is C27H30N8O3S. The molecule has 2 aliphatic rings. The summed E-state index contributed by atoms with van der Waals surface area (Å²) in [6.07, 6.45) is 3.17. The number of hydrogen-bond acceptors (Lipinski definition) is 10. The van der Waals surface area contributed by atoms with E-state index in [2.05, 4.69) is 48.8 Å². The summed E-state index contributed by atoms with van der Waals surface area (Å²) < 4.78 is 26.4. The summed E-state index contributed by atoms with van der Waals surface area (Å²) in [4.78, 5) is 27.5. The molecule has 1 unspecified atom stereocenters. The maximum absolute atomic E-state index is 14.1. The van der Waals surface area contributed by atoms with Crippen molar-refractivity contribution < 1.29 is 13.2 Å². The van der Waals surface area contributed by atoms with Gasteiger partial charge in [0.15, 0.2) is 0 Å². The molecule has 0 amide bonds. The molecule has 1 atom stereocenters. The first-order valence-electron chi connectivity index (χ1n) is 12.4. The molecule has 5 rings (SSSR count). The number of aromatic nitrogens is 1. The zero-order valence-electron chi connectivity index (χ0n) is 21.5. The molecule has 2 aromatic carbocycles. The van der Waals surface area contributed by atoms with Gasteiger partial charge in [-0.2, -0.15) is 0 Å². The number of Topliss-reactive ketones (excluding diaryl/α,β-unsaturated/α-hetero) is 1. The lowest BCUT2D eigenvalue weighted by atomic mass is 10.0. The Balaban J connectivity index is 1.49. The number of nitrogens with one attached hydrogen (secondary N) is 3. The molecule has 3 aromatic rings. The second-order valence-electron chi connectivity index (χ2n) is 9.44. The highest BCUT2D eigenvalue weighted by atomic mass is 32.2. The summed E-state index contributed by atoms with van der Waals surface area (Å²) in [7, 11) is -1.65. The lowest BCUT2D eigenvalue weighted by Gasteiger charge is -2.36. The number of likely N-dealkylation sites (N-methyl/N-ethyl adjacent to an activating group) is 1. The zero-order valence-corrected chi connectivity index (χ0v) is 22.3. The maximum Gasteiger partial charge on any atom is 0.273 e. The molecule has 0 saturated carbocycles. The first kappa shape index (κ1) is 26.2. The Morgan fingerprint density at radius 1 is 1.10 bits per heavy atom. The largest absolute Gasteiger partial charge is 0.383 e. The number of anilines is 4. The first-order valence-corrected chi connectivity index (χ1v) is 13.9. The van der Waals surface area contributed by atoms with Crippen LogP contribution in [0.25, 0.3) is 0 Å². The summed E-state index contributed by atoms with van der Waals surface area (Å²) in [5.41, 5.74) is 9.63. The van der Waals surface area contributed by atoms with Crippen molar-refractivity contribution in [1.82, 2.24) is 9.88 Å². The SMILES string of the molecule is C=CS(=O)(=O)Nc1cccc(C(=O)C2(Nc3ccc(N4CCN(C)CC4)cc3)N=C(N)c3ccncc3N2)c1. The van der Waals surface area contributed by atoms with E-state index in [1.54, 1.807) is 36.7 Å². The van der Waals surface area contributed by atoms with Crippen molar-refractivity contribution in [2.24, 2.45) is 10.7 Å². The molecule has 2 aliphatic heterocycles. The van der Waals surface area contributed by atoms with Crippen LogP contribution in [0.4, 0.5) is 22.7 Å². The van der Waals surface area contributed by atoms with Gasteiger partial charge in [0.25, 0.3) is 15.8 Å².